The first-order chi connectivity index (χ1) is 10.2. The Kier molecular flexibility index (Phi) is 3.72. The number of aliphatic hydroxyl groups is 2. The third kappa shape index (κ3) is 2.68. The van der Waals surface area contributed by atoms with Crippen LogP contribution in [0.4, 0.5) is 0 Å². The van der Waals surface area contributed by atoms with Gasteiger partial charge in [0.15, 0.2) is 12.2 Å². The number of benzene rings is 1. The van der Waals surface area contributed by atoms with Crippen molar-refractivity contribution in [3.8, 4) is 11.3 Å². The van der Waals surface area contributed by atoms with Crippen molar-refractivity contribution in [3.63, 3.8) is 0 Å². The summed E-state index contributed by atoms with van der Waals surface area (Å²) in [5, 5.41) is 18.9. The number of carbonyl (C=O) groups excluding carboxylic acids is 1. The van der Waals surface area contributed by atoms with Crippen LogP contribution in [0.2, 0.25) is 0 Å². The van der Waals surface area contributed by atoms with E-state index in [0.717, 1.165) is 5.56 Å². The van der Waals surface area contributed by atoms with Crippen LogP contribution in [0.25, 0.3) is 11.3 Å². The second-order valence-corrected chi connectivity index (χ2v) is 5.13. The number of β-amino-alcohol motifs (C(OH)–C–C–N with tert-alkyl or cyclic N) is 1. The average molecular weight is 288 g/mol. The van der Waals surface area contributed by atoms with Crippen molar-refractivity contribution in [1.82, 2.24) is 9.88 Å². The minimum absolute atomic E-state index is 0.140. The van der Waals surface area contributed by atoms with Gasteiger partial charge in [0.1, 0.15) is 0 Å². The van der Waals surface area contributed by atoms with Crippen molar-refractivity contribution in [2.24, 2.45) is 0 Å². The SMILES string of the molecule is O=C(c1ccc(-c2cnco2)cc1)N1C[C@H](O)C[C@H]1CO. The highest BCUT2D eigenvalue weighted by molar-refractivity contribution is 5.95. The second kappa shape index (κ2) is 5.67. The maximum absolute atomic E-state index is 12.4. The maximum atomic E-state index is 12.4. The lowest BCUT2D eigenvalue weighted by Gasteiger charge is -2.22. The van der Waals surface area contributed by atoms with Crippen LogP contribution in [0.5, 0.6) is 0 Å². The van der Waals surface area contributed by atoms with E-state index >= 15 is 0 Å². The highest BCUT2D eigenvalue weighted by Crippen LogP contribution is 2.23. The molecule has 1 fully saturated rings. The van der Waals surface area contributed by atoms with Crippen LogP contribution in [0, 0.1) is 0 Å². The monoisotopic (exact) mass is 288 g/mol. The van der Waals surface area contributed by atoms with Gasteiger partial charge in [-0.15, -0.1) is 0 Å². The van der Waals surface area contributed by atoms with E-state index < -0.39 is 6.10 Å². The molecule has 1 aliphatic heterocycles. The molecule has 21 heavy (non-hydrogen) atoms. The number of rotatable bonds is 3. The first kappa shape index (κ1) is 13.8. The Balaban J connectivity index is 1.79. The summed E-state index contributed by atoms with van der Waals surface area (Å²) in [5.74, 6) is 0.452. The van der Waals surface area contributed by atoms with Gasteiger partial charge >= 0.3 is 0 Å². The van der Waals surface area contributed by atoms with Gasteiger partial charge in [-0.1, -0.05) is 12.1 Å². The number of oxazole rings is 1. The van der Waals surface area contributed by atoms with Crippen molar-refractivity contribution in [2.45, 2.75) is 18.6 Å². The molecule has 2 aromatic rings. The predicted molar refractivity (Wildman–Crippen MR) is 74.5 cm³/mol. The first-order valence-electron chi connectivity index (χ1n) is 6.78. The summed E-state index contributed by atoms with van der Waals surface area (Å²) in [6.45, 7) is 0.118. The summed E-state index contributed by atoms with van der Waals surface area (Å²) in [6, 6.07) is 6.67. The lowest BCUT2D eigenvalue weighted by atomic mass is 10.1. The lowest BCUT2D eigenvalue weighted by molar-refractivity contribution is 0.0665. The van der Waals surface area contributed by atoms with Gasteiger partial charge in [0.05, 0.1) is 24.9 Å². The summed E-state index contributed by atoms with van der Waals surface area (Å²) in [7, 11) is 0. The molecule has 0 radical (unpaired) electrons. The quantitative estimate of drug-likeness (QED) is 0.876. The van der Waals surface area contributed by atoms with Gasteiger partial charge in [0.25, 0.3) is 5.91 Å². The van der Waals surface area contributed by atoms with E-state index in [2.05, 4.69) is 4.98 Å². The van der Waals surface area contributed by atoms with Crippen LogP contribution < -0.4 is 0 Å². The summed E-state index contributed by atoms with van der Waals surface area (Å²) in [5.41, 5.74) is 1.36. The Morgan fingerprint density at radius 2 is 2.14 bits per heavy atom. The third-order valence-corrected chi connectivity index (χ3v) is 3.71. The number of likely N-dealkylation sites (tertiary alicyclic amines) is 1. The normalized spacial score (nSPS) is 21.7. The fraction of sp³-hybridized carbons (Fsp3) is 0.333. The van der Waals surface area contributed by atoms with E-state index in [1.165, 1.54) is 11.3 Å². The molecule has 0 bridgehead atoms. The van der Waals surface area contributed by atoms with Gasteiger partial charge in [0, 0.05) is 17.7 Å². The largest absolute Gasteiger partial charge is 0.444 e. The predicted octanol–water partition coefficient (Wildman–Crippen LogP) is 0.909. The number of aromatic nitrogens is 1. The molecular formula is C15H16N2O4. The van der Waals surface area contributed by atoms with Crippen LogP contribution in [0.15, 0.2) is 41.3 Å². The first-order valence-corrected chi connectivity index (χ1v) is 6.78. The minimum Gasteiger partial charge on any atom is -0.444 e. The van der Waals surface area contributed by atoms with Gasteiger partial charge in [-0.3, -0.25) is 4.79 Å². The lowest BCUT2D eigenvalue weighted by Crippen LogP contribution is -2.37. The summed E-state index contributed by atoms with van der Waals surface area (Å²) >= 11 is 0. The highest BCUT2D eigenvalue weighted by atomic mass is 16.3. The fourth-order valence-electron chi connectivity index (χ4n) is 2.62. The Morgan fingerprint density at radius 3 is 2.76 bits per heavy atom. The fourth-order valence-corrected chi connectivity index (χ4v) is 2.62. The molecule has 0 saturated carbocycles. The van der Waals surface area contributed by atoms with Gasteiger partial charge in [-0.25, -0.2) is 4.98 Å². The van der Waals surface area contributed by atoms with Crippen molar-refractivity contribution in [2.75, 3.05) is 13.2 Å². The number of aliphatic hydroxyl groups excluding tert-OH is 2. The maximum Gasteiger partial charge on any atom is 0.254 e. The number of carbonyl (C=O) groups is 1. The molecule has 1 saturated heterocycles. The zero-order chi connectivity index (χ0) is 14.8. The molecule has 1 aliphatic rings. The minimum atomic E-state index is -0.570. The molecule has 6 nitrogen and oxygen atoms in total. The van der Waals surface area contributed by atoms with E-state index in [4.69, 9.17) is 4.42 Å². The molecule has 6 heteroatoms. The standard InChI is InChI=1S/C15H16N2O4/c18-8-12-5-13(19)7-17(12)15(20)11-3-1-10(2-4-11)14-6-16-9-21-14/h1-4,6,9,12-13,18-19H,5,7-8H2/t12-,13+/m0/s1. The molecule has 0 unspecified atom stereocenters. The van der Waals surface area contributed by atoms with Crippen LogP contribution in [-0.4, -0.2) is 51.3 Å². The molecule has 1 aromatic carbocycles. The van der Waals surface area contributed by atoms with E-state index in [9.17, 15) is 15.0 Å². The molecule has 3 rings (SSSR count). The highest BCUT2D eigenvalue weighted by Gasteiger charge is 2.34. The van der Waals surface area contributed by atoms with Gasteiger partial charge in [0.2, 0.25) is 0 Å². The topological polar surface area (TPSA) is 86.8 Å². The van der Waals surface area contributed by atoms with Crippen LogP contribution in [0.1, 0.15) is 16.8 Å². The van der Waals surface area contributed by atoms with Crippen LogP contribution in [-0.2, 0) is 0 Å². The van der Waals surface area contributed by atoms with Crippen LogP contribution >= 0.6 is 0 Å². The third-order valence-electron chi connectivity index (χ3n) is 3.71. The van der Waals surface area contributed by atoms with Crippen molar-refractivity contribution in [3.05, 3.63) is 42.4 Å². The Morgan fingerprint density at radius 1 is 1.38 bits per heavy atom. The zero-order valence-corrected chi connectivity index (χ0v) is 11.3. The number of amides is 1. The molecule has 2 atom stereocenters. The smallest absolute Gasteiger partial charge is 0.254 e. The molecule has 1 aromatic heterocycles. The molecule has 2 heterocycles. The molecule has 0 aliphatic carbocycles. The Labute approximate surface area is 121 Å². The second-order valence-electron chi connectivity index (χ2n) is 5.13. The van der Waals surface area contributed by atoms with Crippen molar-refractivity contribution < 1.29 is 19.4 Å². The number of hydrogen-bond donors (Lipinski definition) is 2. The van der Waals surface area contributed by atoms with E-state index in [1.807, 2.05) is 0 Å². The number of hydrogen-bond acceptors (Lipinski definition) is 5. The van der Waals surface area contributed by atoms with Gasteiger partial charge < -0.3 is 19.5 Å². The molecule has 110 valence electrons. The summed E-state index contributed by atoms with van der Waals surface area (Å²) < 4.78 is 5.20. The molecule has 1 amide bonds. The molecule has 0 spiro atoms. The summed E-state index contributed by atoms with van der Waals surface area (Å²) in [4.78, 5) is 17.8. The zero-order valence-electron chi connectivity index (χ0n) is 11.3. The summed E-state index contributed by atoms with van der Waals surface area (Å²) in [6.07, 6.45) is 2.80. The molecular weight excluding hydrogens is 272 g/mol. The van der Waals surface area contributed by atoms with Gasteiger partial charge in [-0.2, -0.15) is 0 Å². The van der Waals surface area contributed by atoms with E-state index in [-0.39, 0.29) is 25.1 Å². The Hall–Kier alpha value is -2.18. The number of nitrogens with zero attached hydrogens (tertiary/aromatic N) is 2. The average Bonchev–Trinajstić information content (AvgIpc) is 3.16. The van der Waals surface area contributed by atoms with Crippen LogP contribution in [0.3, 0.4) is 0 Å². The van der Waals surface area contributed by atoms with Crippen molar-refractivity contribution >= 4 is 5.91 Å². The Bertz CT molecular complexity index is 609. The van der Waals surface area contributed by atoms with Gasteiger partial charge in [-0.05, 0) is 18.6 Å². The molecule has 2 N–H and O–H groups in total. The van der Waals surface area contributed by atoms with Crippen molar-refractivity contribution in [1.29, 1.82) is 0 Å². The van der Waals surface area contributed by atoms with E-state index in [0.29, 0.717) is 17.7 Å². The van der Waals surface area contributed by atoms with E-state index in [1.54, 1.807) is 30.5 Å².